The van der Waals surface area contributed by atoms with Crippen molar-refractivity contribution in [3.8, 4) is 34.5 Å². The van der Waals surface area contributed by atoms with Crippen molar-refractivity contribution in [1.82, 2.24) is 0 Å². The van der Waals surface area contributed by atoms with Gasteiger partial charge in [-0.2, -0.15) is 20.5 Å². The first kappa shape index (κ1) is 70.7. The van der Waals surface area contributed by atoms with Gasteiger partial charge in [-0.05, 0) is 232 Å². The maximum absolute atomic E-state index is 12.8. The average Bonchev–Trinajstić information content (AvgIpc) is 1.36. The van der Waals surface area contributed by atoms with Gasteiger partial charge in [0, 0.05) is 12.2 Å². The molecular formula is C74H74N4O15. The van der Waals surface area contributed by atoms with E-state index in [1.807, 2.05) is 44.2 Å². The Bertz CT molecular complexity index is 3810. The second kappa shape index (κ2) is 38.3. The minimum atomic E-state index is -1.05. The molecule has 2 N–H and O–H groups in total. The standard InChI is InChI=1S/C37H36N2O7.C21H20O7.C16H18N2O/c1-4-8-27-9-15-30(16-10-27)38-39-31-17-22-34(26(3)25-31)46-37(42)29-13-20-33(21-14-29)45-36(41)28-11-18-32(19-12-28)43-23-6-7-24-44-35(40)5-2;1-2-19(22)27-14-4-3-13-26-17-9-7-16(8-10-17)21(25)28-18-11-5-15(6-12-18)20(23)24;1-3-4-13-5-7-14(8-6-13)17-18-15-9-10-16(19)12(2)11-15/h5,9-22,25H,2,4,6-8,23-24H2,1,3H3;2,5-12H,1,3-4,13-14H2,(H,23,24);5-11,19H,3-4H2,1-2H3. The number of aromatic carboxylic acids is 1. The number of esters is 5. The van der Waals surface area contributed by atoms with Crippen LogP contribution in [0.1, 0.15) is 116 Å². The lowest BCUT2D eigenvalue weighted by molar-refractivity contribution is -0.138. The van der Waals surface area contributed by atoms with Gasteiger partial charge in [0.25, 0.3) is 0 Å². The lowest BCUT2D eigenvalue weighted by atomic mass is 10.1. The molecule has 0 amide bonds. The summed E-state index contributed by atoms with van der Waals surface area (Å²) in [5, 5.41) is 35.2. The molecule has 8 aromatic carbocycles. The van der Waals surface area contributed by atoms with E-state index in [-0.39, 0.29) is 22.8 Å². The van der Waals surface area contributed by atoms with Crippen LogP contribution in [-0.4, -0.2) is 72.5 Å². The first-order valence-electron chi connectivity index (χ1n) is 30.1. The van der Waals surface area contributed by atoms with Gasteiger partial charge < -0.3 is 43.4 Å². The molecule has 0 spiro atoms. The third-order valence-electron chi connectivity index (χ3n) is 13.3. The number of unbranched alkanes of at least 4 members (excludes halogenated alkanes) is 2. The van der Waals surface area contributed by atoms with Gasteiger partial charge in [-0.25, -0.2) is 28.8 Å². The van der Waals surface area contributed by atoms with Crippen molar-refractivity contribution in [3.05, 3.63) is 252 Å². The highest BCUT2D eigenvalue weighted by atomic mass is 16.6. The number of benzene rings is 8. The van der Waals surface area contributed by atoms with Crippen LogP contribution in [0.5, 0.6) is 34.5 Å². The zero-order valence-corrected chi connectivity index (χ0v) is 52.4. The molecule has 8 rings (SSSR count). The lowest BCUT2D eigenvalue weighted by Gasteiger charge is -2.09. The van der Waals surface area contributed by atoms with Crippen molar-refractivity contribution < 1.29 is 72.1 Å². The highest BCUT2D eigenvalue weighted by Gasteiger charge is 2.15. The second-order valence-corrected chi connectivity index (χ2v) is 20.6. The van der Waals surface area contributed by atoms with Gasteiger partial charge in [0.1, 0.15) is 34.5 Å². The van der Waals surface area contributed by atoms with E-state index in [0.717, 1.165) is 66.0 Å². The zero-order valence-electron chi connectivity index (χ0n) is 52.4. The van der Waals surface area contributed by atoms with Crippen LogP contribution in [0.15, 0.2) is 228 Å². The molecule has 0 saturated heterocycles. The van der Waals surface area contributed by atoms with Crippen molar-refractivity contribution in [2.24, 2.45) is 20.5 Å². The Morgan fingerprint density at radius 3 is 1.13 bits per heavy atom. The molecule has 0 heterocycles. The molecule has 8 aromatic rings. The Morgan fingerprint density at radius 2 is 0.753 bits per heavy atom. The van der Waals surface area contributed by atoms with Crippen LogP contribution in [0.25, 0.3) is 0 Å². The van der Waals surface area contributed by atoms with Crippen molar-refractivity contribution >= 4 is 58.6 Å². The molecule has 0 atom stereocenters. The number of azo groups is 2. The van der Waals surface area contributed by atoms with Crippen LogP contribution in [0.4, 0.5) is 22.7 Å². The minimum Gasteiger partial charge on any atom is -0.508 e. The van der Waals surface area contributed by atoms with Crippen molar-refractivity contribution in [2.75, 3.05) is 26.4 Å². The zero-order chi connectivity index (χ0) is 66.7. The highest BCUT2D eigenvalue weighted by molar-refractivity contribution is 5.93. The van der Waals surface area contributed by atoms with Crippen LogP contribution in [0.2, 0.25) is 0 Å². The van der Waals surface area contributed by atoms with Gasteiger partial charge in [-0.15, -0.1) is 0 Å². The number of nitrogens with zero attached hydrogens (tertiary/aromatic N) is 4. The first-order valence-corrected chi connectivity index (χ1v) is 30.1. The summed E-state index contributed by atoms with van der Waals surface area (Å²) in [7, 11) is 0. The van der Waals surface area contributed by atoms with Crippen molar-refractivity contribution in [3.63, 3.8) is 0 Å². The Hall–Kier alpha value is -11.3. The maximum Gasteiger partial charge on any atom is 0.343 e. The molecule has 19 heteroatoms. The fourth-order valence-electron chi connectivity index (χ4n) is 8.22. The van der Waals surface area contributed by atoms with Gasteiger partial charge in [0.2, 0.25) is 0 Å². The fourth-order valence-corrected chi connectivity index (χ4v) is 8.22. The number of rotatable bonds is 29. The van der Waals surface area contributed by atoms with Gasteiger partial charge in [0.15, 0.2) is 0 Å². The fraction of sp³-hybridized carbons (Fsp3) is 0.216. The Balaban J connectivity index is 0.000000246. The van der Waals surface area contributed by atoms with E-state index in [4.69, 9.17) is 38.3 Å². The number of aromatic hydroxyl groups is 1. The van der Waals surface area contributed by atoms with Crippen molar-refractivity contribution in [1.29, 1.82) is 0 Å². The number of phenolic OH excluding ortho intramolecular Hbond substituents is 1. The van der Waals surface area contributed by atoms with Gasteiger partial charge in [0.05, 0.1) is 71.4 Å². The number of carboxylic acid groups (broad SMARTS) is 1. The van der Waals surface area contributed by atoms with Crippen LogP contribution < -0.4 is 23.7 Å². The number of hydrogen-bond acceptors (Lipinski definition) is 18. The Kier molecular flexibility index (Phi) is 29.1. The number of hydrogen-bond donors (Lipinski definition) is 2. The van der Waals surface area contributed by atoms with E-state index in [2.05, 4.69) is 71.7 Å². The lowest BCUT2D eigenvalue weighted by Crippen LogP contribution is -2.10. The van der Waals surface area contributed by atoms with Gasteiger partial charge in [-0.1, -0.05) is 64.1 Å². The monoisotopic (exact) mass is 1260 g/mol. The van der Waals surface area contributed by atoms with Crippen molar-refractivity contribution in [2.45, 2.75) is 79.1 Å². The topological polar surface area (TPSA) is 257 Å². The molecule has 93 heavy (non-hydrogen) atoms. The van der Waals surface area contributed by atoms with E-state index in [9.17, 15) is 33.9 Å². The molecule has 0 unspecified atom stereocenters. The molecule has 0 aliphatic heterocycles. The number of carbonyl (C=O) groups is 6. The quantitative estimate of drug-likeness (QED) is 0.0145. The SMILES string of the molecule is C=CC(=O)OCCCCOc1ccc(C(=O)Oc2ccc(C(=O)O)cc2)cc1.C=CC(=O)OCCCCOc1ccc(C(=O)Oc2ccc(C(=O)Oc3ccc(N=Nc4ccc(CCC)cc4)cc3C)cc2)cc1.CCCc1ccc(N=Nc2ccc(O)c(C)c2)cc1. The molecule has 0 fully saturated rings. The van der Waals surface area contributed by atoms with E-state index in [1.165, 1.54) is 59.7 Å². The van der Waals surface area contributed by atoms with E-state index in [1.54, 1.807) is 78.9 Å². The second-order valence-electron chi connectivity index (χ2n) is 20.6. The summed E-state index contributed by atoms with van der Waals surface area (Å²) >= 11 is 0. The molecule has 0 aliphatic carbocycles. The average molecular weight is 1260 g/mol. The molecular weight excluding hydrogens is 1180 g/mol. The Labute approximate surface area is 540 Å². The normalized spacial score (nSPS) is 10.6. The summed E-state index contributed by atoms with van der Waals surface area (Å²) in [4.78, 5) is 70.2. The summed E-state index contributed by atoms with van der Waals surface area (Å²) < 4.78 is 37.2. The molecule has 0 aromatic heterocycles. The number of ether oxygens (including phenoxy) is 7. The van der Waals surface area contributed by atoms with Crippen LogP contribution in [0, 0.1) is 13.8 Å². The predicted octanol–water partition coefficient (Wildman–Crippen LogP) is 17.3. The third-order valence-corrected chi connectivity index (χ3v) is 13.3. The summed E-state index contributed by atoms with van der Waals surface area (Å²) in [5.41, 5.74) is 8.20. The number of carboxylic acids is 1. The van der Waals surface area contributed by atoms with Crippen LogP contribution >= 0.6 is 0 Å². The minimum absolute atomic E-state index is 0.111. The maximum atomic E-state index is 12.8. The molecule has 480 valence electrons. The van der Waals surface area contributed by atoms with E-state index < -0.39 is 35.8 Å². The largest absolute Gasteiger partial charge is 0.508 e. The van der Waals surface area contributed by atoms with E-state index in [0.29, 0.717) is 91.7 Å². The van der Waals surface area contributed by atoms with Gasteiger partial charge in [-0.3, -0.25) is 0 Å². The number of aryl methyl sites for hydroxylation is 4. The molecule has 0 radical (unpaired) electrons. The summed E-state index contributed by atoms with van der Waals surface area (Å²) in [5.74, 6) is -1.16. The highest BCUT2D eigenvalue weighted by Crippen LogP contribution is 2.29. The molecule has 0 saturated carbocycles. The summed E-state index contributed by atoms with van der Waals surface area (Å²) in [6.45, 7) is 16.1. The smallest absolute Gasteiger partial charge is 0.343 e. The number of carbonyl (C=O) groups excluding carboxylic acids is 5. The molecule has 0 aliphatic rings. The molecule has 19 nitrogen and oxygen atoms in total. The molecule has 0 bridgehead atoms. The first-order chi connectivity index (χ1) is 45.0. The summed E-state index contributed by atoms with van der Waals surface area (Å²) in [6.07, 6.45) is 9.35. The van der Waals surface area contributed by atoms with E-state index >= 15 is 0 Å². The summed E-state index contributed by atoms with van der Waals surface area (Å²) in [6, 6.07) is 51.2. The predicted molar refractivity (Wildman–Crippen MR) is 353 cm³/mol. The Morgan fingerprint density at radius 1 is 0.409 bits per heavy atom. The van der Waals surface area contributed by atoms with Crippen LogP contribution in [-0.2, 0) is 31.9 Å². The number of phenols is 1. The van der Waals surface area contributed by atoms with Gasteiger partial charge >= 0.3 is 35.8 Å². The third kappa shape index (κ3) is 25.2. The van der Waals surface area contributed by atoms with Crippen LogP contribution in [0.3, 0.4) is 0 Å².